The van der Waals surface area contributed by atoms with Gasteiger partial charge in [-0.2, -0.15) is 0 Å². The monoisotopic (exact) mass is 429 g/mol. The number of aryl methyl sites for hydroxylation is 1. The molecule has 0 spiro atoms. The van der Waals surface area contributed by atoms with Crippen molar-refractivity contribution in [2.24, 2.45) is 5.41 Å². The molecule has 1 fully saturated rings. The first-order valence-corrected chi connectivity index (χ1v) is 10.4. The molecule has 1 unspecified atom stereocenters. The summed E-state index contributed by atoms with van der Waals surface area (Å²) in [6.45, 7) is 5.36. The van der Waals surface area contributed by atoms with E-state index in [-0.39, 0.29) is 11.9 Å². The van der Waals surface area contributed by atoms with Crippen molar-refractivity contribution in [1.29, 1.82) is 0 Å². The van der Waals surface area contributed by atoms with Crippen LogP contribution in [-0.2, 0) is 11.3 Å². The number of carbonyl (C=O) groups is 2. The molecule has 1 aliphatic heterocycles. The predicted molar refractivity (Wildman–Crippen MR) is 119 cm³/mol. The summed E-state index contributed by atoms with van der Waals surface area (Å²) in [6, 6.07) is 12.9. The minimum Gasteiger partial charge on any atom is -0.495 e. The Hall–Kier alpha value is -2.73. The second-order valence-corrected chi connectivity index (χ2v) is 8.47. The fourth-order valence-corrected chi connectivity index (χ4v) is 3.84. The van der Waals surface area contributed by atoms with Crippen LogP contribution in [0.15, 0.2) is 42.5 Å². The van der Waals surface area contributed by atoms with Gasteiger partial charge in [0.05, 0.1) is 18.2 Å². The first kappa shape index (κ1) is 22.0. The maximum atomic E-state index is 12.9. The van der Waals surface area contributed by atoms with Gasteiger partial charge in [-0.05, 0) is 50.5 Å². The summed E-state index contributed by atoms with van der Waals surface area (Å²) in [4.78, 5) is 27.5. The Morgan fingerprint density at radius 2 is 1.93 bits per heavy atom. The lowest BCUT2D eigenvalue weighted by Crippen LogP contribution is -2.52. The molecule has 1 heterocycles. The molecular weight excluding hydrogens is 402 g/mol. The van der Waals surface area contributed by atoms with Crippen LogP contribution in [0.5, 0.6) is 5.75 Å². The van der Waals surface area contributed by atoms with Gasteiger partial charge in [0.2, 0.25) is 5.91 Å². The molecule has 160 valence electrons. The molecule has 7 heteroatoms. The largest absolute Gasteiger partial charge is 0.495 e. The van der Waals surface area contributed by atoms with Crippen molar-refractivity contribution in [1.82, 2.24) is 10.2 Å². The number of amides is 3. The Kier molecular flexibility index (Phi) is 6.87. The van der Waals surface area contributed by atoms with Gasteiger partial charge in [-0.1, -0.05) is 41.4 Å². The van der Waals surface area contributed by atoms with Crippen LogP contribution in [0.4, 0.5) is 10.5 Å². The summed E-state index contributed by atoms with van der Waals surface area (Å²) in [6.07, 6.45) is 1.49. The zero-order valence-electron chi connectivity index (χ0n) is 17.6. The highest BCUT2D eigenvalue weighted by atomic mass is 35.5. The normalized spacial score (nSPS) is 18.6. The van der Waals surface area contributed by atoms with Gasteiger partial charge in [-0.15, -0.1) is 0 Å². The van der Waals surface area contributed by atoms with Gasteiger partial charge in [-0.25, -0.2) is 4.79 Å². The molecule has 3 amide bonds. The quantitative estimate of drug-likeness (QED) is 0.729. The molecule has 30 heavy (non-hydrogen) atoms. The standard InChI is InChI=1S/C23H28ClN3O3/c1-16-5-7-17(8-6-16)14-25-21(28)23(2)11-4-12-27(15-23)22(29)26-19-13-18(24)9-10-20(19)30-3/h5-10,13H,4,11-12,14-15H2,1-3H3,(H,25,28)(H,26,29). The number of methoxy groups -OCH3 is 1. The average molecular weight is 430 g/mol. The number of anilines is 1. The van der Waals surface area contributed by atoms with Gasteiger partial charge < -0.3 is 20.3 Å². The molecule has 0 radical (unpaired) electrons. The van der Waals surface area contributed by atoms with Gasteiger partial charge in [0.1, 0.15) is 5.75 Å². The smallest absolute Gasteiger partial charge is 0.321 e. The number of ether oxygens (including phenoxy) is 1. The molecule has 0 aromatic heterocycles. The van der Waals surface area contributed by atoms with E-state index in [4.69, 9.17) is 16.3 Å². The topological polar surface area (TPSA) is 70.7 Å². The molecule has 2 aromatic carbocycles. The lowest BCUT2D eigenvalue weighted by Gasteiger charge is -2.39. The van der Waals surface area contributed by atoms with Crippen LogP contribution >= 0.6 is 11.6 Å². The van der Waals surface area contributed by atoms with Crippen LogP contribution in [-0.4, -0.2) is 37.0 Å². The van der Waals surface area contributed by atoms with Crippen LogP contribution < -0.4 is 15.4 Å². The summed E-state index contributed by atoms with van der Waals surface area (Å²) >= 11 is 6.05. The number of halogens is 1. The van der Waals surface area contributed by atoms with Gasteiger partial charge in [0, 0.05) is 24.7 Å². The second kappa shape index (κ2) is 9.39. The number of urea groups is 1. The van der Waals surface area contributed by atoms with E-state index in [1.807, 2.05) is 38.1 Å². The highest BCUT2D eigenvalue weighted by Crippen LogP contribution is 2.32. The summed E-state index contributed by atoms with van der Waals surface area (Å²) < 4.78 is 5.29. The SMILES string of the molecule is COc1ccc(Cl)cc1NC(=O)N1CCCC(C)(C(=O)NCc2ccc(C)cc2)C1. The van der Waals surface area contributed by atoms with E-state index < -0.39 is 5.41 Å². The first-order chi connectivity index (χ1) is 14.3. The van der Waals surface area contributed by atoms with Crippen LogP contribution in [0.3, 0.4) is 0 Å². The number of carbonyl (C=O) groups excluding carboxylic acids is 2. The van der Waals surface area contributed by atoms with Gasteiger partial charge in [-0.3, -0.25) is 4.79 Å². The van der Waals surface area contributed by atoms with E-state index in [9.17, 15) is 9.59 Å². The third kappa shape index (κ3) is 5.25. The number of nitrogens with one attached hydrogen (secondary N) is 2. The van der Waals surface area contributed by atoms with Gasteiger partial charge in [0.25, 0.3) is 0 Å². The van der Waals surface area contributed by atoms with E-state index in [0.29, 0.717) is 36.1 Å². The molecule has 1 saturated heterocycles. The Morgan fingerprint density at radius 3 is 2.63 bits per heavy atom. The minimum absolute atomic E-state index is 0.0408. The van der Waals surface area contributed by atoms with Crippen molar-refractivity contribution < 1.29 is 14.3 Å². The highest BCUT2D eigenvalue weighted by Gasteiger charge is 2.39. The molecule has 2 aromatic rings. The number of nitrogens with zero attached hydrogens (tertiary/aromatic N) is 1. The van der Waals surface area contributed by atoms with Crippen molar-refractivity contribution >= 4 is 29.2 Å². The zero-order chi connectivity index (χ0) is 21.7. The molecular formula is C23H28ClN3O3. The number of hydrogen-bond acceptors (Lipinski definition) is 3. The molecule has 6 nitrogen and oxygen atoms in total. The van der Waals surface area contributed by atoms with Crippen LogP contribution in [0.2, 0.25) is 5.02 Å². The zero-order valence-corrected chi connectivity index (χ0v) is 18.4. The summed E-state index contributed by atoms with van der Waals surface area (Å²) in [5.74, 6) is 0.490. The van der Waals surface area contributed by atoms with E-state index in [2.05, 4.69) is 10.6 Å². The van der Waals surface area contributed by atoms with Crippen molar-refractivity contribution in [3.05, 3.63) is 58.6 Å². The minimum atomic E-state index is -0.640. The van der Waals surface area contributed by atoms with Crippen molar-refractivity contribution in [3.8, 4) is 5.75 Å². The fourth-order valence-electron chi connectivity index (χ4n) is 3.67. The van der Waals surface area contributed by atoms with Gasteiger partial charge >= 0.3 is 6.03 Å². The molecule has 2 N–H and O–H groups in total. The van der Waals surface area contributed by atoms with Crippen LogP contribution in [0.1, 0.15) is 30.9 Å². The second-order valence-electron chi connectivity index (χ2n) is 8.03. The summed E-state index contributed by atoms with van der Waals surface area (Å²) in [7, 11) is 1.54. The third-order valence-corrected chi connectivity index (χ3v) is 5.74. The van der Waals surface area contributed by atoms with E-state index in [0.717, 1.165) is 18.4 Å². The van der Waals surface area contributed by atoms with Crippen molar-refractivity contribution in [3.63, 3.8) is 0 Å². The number of benzene rings is 2. The molecule has 3 rings (SSSR count). The Labute approximate surface area is 182 Å². The Morgan fingerprint density at radius 1 is 1.20 bits per heavy atom. The lowest BCUT2D eigenvalue weighted by molar-refractivity contribution is -0.132. The highest BCUT2D eigenvalue weighted by molar-refractivity contribution is 6.31. The number of rotatable bonds is 5. The molecule has 1 aliphatic rings. The van der Waals surface area contributed by atoms with E-state index in [1.165, 1.54) is 12.7 Å². The van der Waals surface area contributed by atoms with E-state index >= 15 is 0 Å². The number of likely N-dealkylation sites (tertiary alicyclic amines) is 1. The summed E-state index contributed by atoms with van der Waals surface area (Å²) in [5.41, 5.74) is 2.10. The van der Waals surface area contributed by atoms with E-state index in [1.54, 1.807) is 23.1 Å². The molecule has 0 saturated carbocycles. The Balaban J connectivity index is 1.63. The maximum absolute atomic E-state index is 12.9. The third-order valence-electron chi connectivity index (χ3n) is 5.51. The van der Waals surface area contributed by atoms with Crippen LogP contribution in [0.25, 0.3) is 0 Å². The number of piperidine rings is 1. The first-order valence-electron chi connectivity index (χ1n) is 10.0. The van der Waals surface area contributed by atoms with Crippen LogP contribution in [0, 0.1) is 12.3 Å². The fraction of sp³-hybridized carbons (Fsp3) is 0.391. The predicted octanol–water partition coefficient (Wildman–Crippen LogP) is 4.61. The maximum Gasteiger partial charge on any atom is 0.321 e. The lowest BCUT2D eigenvalue weighted by atomic mass is 9.81. The summed E-state index contributed by atoms with van der Waals surface area (Å²) in [5, 5.41) is 6.39. The average Bonchev–Trinajstić information content (AvgIpc) is 2.73. The molecule has 1 atom stereocenters. The number of hydrogen-bond donors (Lipinski definition) is 2. The Bertz CT molecular complexity index is 916. The van der Waals surface area contributed by atoms with Gasteiger partial charge in [0.15, 0.2) is 0 Å². The van der Waals surface area contributed by atoms with Crippen molar-refractivity contribution in [2.75, 3.05) is 25.5 Å². The van der Waals surface area contributed by atoms with Crippen molar-refractivity contribution in [2.45, 2.75) is 33.2 Å². The molecule has 0 aliphatic carbocycles. The molecule has 0 bridgehead atoms.